The van der Waals surface area contributed by atoms with Crippen molar-refractivity contribution in [2.45, 2.75) is 6.92 Å². The molecule has 98 valence electrons. The third kappa shape index (κ3) is 2.65. The number of nitrogens with one attached hydrogen (secondary N) is 1. The van der Waals surface area contributed by atoms with Crippen LogP contribution in [0.4, 0.5) is 21.5 Å². The van der Waals surface area contributed by atoms with Gasteiger partial charge in [0, 0.05) is 5.69 Å². The monoisotopic (exact) mass is 259 g/mol. The number of carbonyl (C=O) groups excluding carboxylic acids is 1. The fourth-order valence-corrected chi connectivity index (χ4v) is 1.78. The highest BCUT2D eigenvalue weighted by Gasteiger charge is 2.11. The number of nitrogen functional groups attached to an aromatic ring is 1. The largest absolute Gasteiger partial charge is 0.397 e. The van der Waals surface area contributed by atoms with E-state index in [2.05, 4.69) is 5.32 Å². The average Bonchev–Trinajstić information content (AvgIpc) is 2.36. The maximum atomic E-state index is 13.2. The molecule has 19 heavy (non-hydrogen) atoms. The number of rotatable bonds is 3. The van der Waals surface area contributed by atoms with Crippen LogP contribution in [-0.4, -0.2) is 5.91 Å². The van der Waals surface area contributed by atoms with Crippen LogP contribution in [0.1, 0.15) is 15.9 Å². The van der Waals surface area contributed by atoms with Crippen LogP contribution >= 0.6 is 0 Å². The van der Waals surface area contributed by atoms with Crippen LogP contribution in [0, 0.1) is 12.7 Å². The first kappa shape index (κ1) is 12.9. The average molecular weight is 259 g/mol. The summed E-state index contributed by atoms with van der Waals surface area (Å²) in [5.41, 5.74) is 13.4. The van der Waals surface area contributed by atoms with E-state index in [1.165, 1.54) is 6.07 Å². The lowest BCUT2D eigenvalue weighted by atomic mass is 10.1. The van der Waals surface area contributed by atoms with Crippen LogP contribution < -0.4 is 16.8 Å². The quantitative estimate of drug-likeness (QED) is 0.741. The number of halogens is 1. The Hall–Kier alpha value is -2.56. The minimum atomic E-state index is -0.575. The van der Waals surface area contributed by atoms with Gasteiger partial charge in [-0.3, -0.25) is 4.79 Å². The van der Waals surface area contributed by atoms with E-state index in [9.17, 15) is 9.18 Å². The zero-order chi connectivity index (χ0) is 14.0. The molecule has 0 fully saturated rings. The number of aryl methyl sites for hydroxylation is 1. The lowest BCUT2D eigenvalue weighted by Crippen LogP contribution is -2.14. The Labute approximate surface area is 110 Å². The SMILES string of the molecule is Cc1cc(Nc2c(N)cccc2C(N)=O)ccc1F. The van der Waals surface area contributed by atoms with Gasteiger partial charge >= 0.3 is 0 Å². The van der Waals surface area contributed by atoms with Gasteiger partial charge in [0.1, 0.15) is 5.82 Å². The second kappa shape index (κ2) is 4.97. The molecule has 0 atom stereocenters. The minimum absolute atomic E-state index is 0.290. The van der Waals surface area contributed by atoms with Crippen molar-refractivity contribution < 1.29 is 9.18 Å². The van der Waals surface area contributed by atoms with Gasteiger partial charge in [0.05, 0.1) is 16.9 Å². The van der Waals surface area contributed by atoms with Gasteiger partial charge in [-0.15, -0.1) is 0 Å². The number of anilines is 3. The summed E-state index contributed by atoms with van der Waals surface area (Å²) in [7, 11) is 0. The molecule has 5 heteroatoms. The van der Waals surface area contributed by atoms with E-state index in [0.29, 0.717) is 28.2 Å². The zero-order valence-electron chi connectivity index (χ0n) is 10.4. The fourth-order valence-electron chi connectivity index (χ4n) is 1.78. The first-order valence-corrected chi connectivity index (χ1v) is 5.70. The van der Waals surface area contributed by atoms with Crippen molar-refractivity contribution in [1.29, 1.82) is 0 Å². The Morgan fingerprint density at radius 2 is 2.00 bits per heavy atom. The maximum Gasteiger partial charge on any atom is 0.250 e. The van der Waals surface area contributed by atoms with Crippen molar-refractivity contribution in [1.82, 2.24) is 0 Å². The number of carbonyl (C=O) groups is 1. The molecule has 0 aliphatic rings. The Morgan fingerprint density at radius 3 is 2.63 bits per heavy atom. The normalized spacial score (nSPS) is 10.2. The Kier molecular flexibility index (Phi) is 3.37. The summed E-state index contributed by atoms with van der Waals surface area (Å²) < 4.78 is 13.2. The van der Waals surface area contributed by atoms with Gasteiger partial charge in [-0.2, -0.15) is 0 Å². The molecule has 0 spiro atoms. The Balaban J connectivity index is 2.42. The molecule has 4 nitrogen and oxygen atoms in total. The molecule has 0 saturated carbocycles. The lowest BCUT2D eigenvalue weighted by Gasteiger charge is -2.13. The summed E-state index contributed by atoms with van der Waals surface area (Å²) >= 11 is 0. The number of primary amides is 1. The highest BCUT2D eigenvalue weighted by atomic mass is 19.1. The topological polar surface area (TPSA) is 81.1 Å². The van der Waals surface area contributed by atoms with Gasteiger partial charge in [0.2, 0.25) is 0 Å². The van der Waals surface area contributed by atoms with E-state index in [1.54, 1.807) is 37.3 Å². The van der Waals surface area contributed by atoms with Crippen LogP contribution in [0.5, 0.6) is 0 Å². The second-order valence-electron chi connectivity index (χ2n) is 4.22. The molecule has 2 aromatic rings. The maximum absolute atomic E-state index is 13.2. The predicted octanol–water partition coefficient (Wildman–Crippen LogP) is 2.56. The molecule has 2 rings (SSSR count). The summed E-state index contributed by atoms with van der Waals surface area (Å²) in [6.45, 7) is 1.66. The van der Waals surface area contributed by atoms with Crippen molar-refractivity contribution in [3.63, 3.8) is 0 Å². The first-order chi connectivity index (χ1) is 8.99. The van der Waals surface area contributed by atoms with E-state index in [0.717, 1.165) is 0 Å². The third-order valence-electron chi connectivity index (χ3n) is 2.79. The van der Waals surface area contributed by atoms with E-state index in [-0.39, 0.29) is 5.82 Å². The van der Waals surface area contributed by atoms with Crippen LogP contribution in [0.3, 0.4) is 0 Å². The van der Waals surface area contributed by atoms with Crippen molar-refractivity contribution in [3.8, 4) is 0 Å². The Morgan fingerprint density at radius 1 is 1.26 bits per heavy atom. The van der Waals surface area contributed by atoms with Crippen LogP contribution in [0.25, 0.3) is 0 Å². The van der Waals surface area contributed by atoms with Crippen molar-refractivity contribution in [2.75, 3.05) is 11.1 Å². The van der Waals surface area contributed by atoms with E-state index in [4.69, 9.17) is 11.5 Å². The molecule has 0 radical (unpaired) electrons. The molecule has 0 saturated heterocycles. The minimum Gasteiger partial charge on any atom is -0.397 e. The van der Waals surface area contributed by atoms with Gasteiger partial charge in [-0.1, -0.05) is 6.07 Å². The summed E-state index contributed by atoms with van der Waals surface area (Å²) in [4.78, 5) is 11.4. The molecule has 2 aromatic carbocycles. The predicted molar refractivity (Wildman–Crippen MR) is 73.8 cm³/mol. The Bertz CT molecular complexity index is 641. The zero-order valence-corrected chi connectivity index (χ0v) is 10.4. The van der Waals surface area contributed by atoms with Gasteiger partial charge in [0.15, 0.2) is 0 Å². The molecule has 0 bridgehead atoms. The smallest absolute Gasteiger partial charge is 0.250 e. The van der Waals surface area contributed by atoms with Gasteiger partial charge in [0.25, 0.3) is 5.91 Å². The number of benzene rings is 2. The van der Waals surface area contributed by atoms with Crippen molar-refractivity contribution in [3.05, 3.63) is 53.3 Å². The highest BCUT2D eigenvalue weighted by Crippen LogP contribution is 2.27. The van der Waals surface area contributed by atoms with Crippen LogP contribution in [0.2, 0.25) is 0 Å². The van der Waals surface area contributed by atoms with Gasteiger partial charge in [-0.05, 0) is 42.8 Å². The number of nitrogens with two attached hydrogens (primary N) is 2. The van der Waals surface area contributed by atoms with Crippen molar-refractivity contribution in [2.24, 2.45) is 5.73 Å². The summed E-state index contributed by atoms with van der Waals surface area (Å²) in [5, 5.41) is 3.00. The summed E-state index contributed by atoms with van der Waals surface area (Å²) in [5.74, 6) is -0.865. The second-order valence-corrected chi connectivity index (χ2v) is 4.22. The standard InChI is InChI=1S/C14H14FN3O/c1-8-7-9(5-6-11(8)15)18-13-10(14(17)19)3-2-4-12(13)16/h2-7,18H,16H2,1H3,(H2,17,19). The number of hydrogen-bond acceptors (Lipinski definition) is 3. The number of hydrogen-bond donors (Lipinski definition) is 3. The molecular weight excluding hydrogens is 245 g/mol. The molecular formula is C14H14FN3O. The molecule has 0 aliphatic carbocycles. The van der Waals surface area contributed by atoms with Gasteiger partial charge in [-0.25, -0.2) is 4.39 Å². The summed E-state index contributed by atoms with van der Waals surface area (Å²) in [6.07, 6.45) is 0. The molecule has 0 aromatic heterocycles. The molecule has 0 aliphatic heterocycles. The summed E-state index contributed by atoms with van der Waals surface area (Å²) in [6, 6.07) is 9.44. The molecule has 1 amide bonds. The van der Waals surface area contributed by atoms with E-state index < -0.39 is 5.91 Å². The number of para-hydroxylation sites is 1. The third-order valence-corrected chi connectivity index (χ3v) is 2.79. The van der Waals surface area contributed by atoms with E-state index >= 15 is 0 Å². The molecule has 0 unspecified atom stereocenters. The van der Waals surface area contributed by atoms with Gasteiger partial charge < -0.3 is 16.8 Å². The number of amides is 1. The highest BCUT2D eigenvalue weighted by molar-refractivity contribution is 6.02. The van der Waals surface area contributed by atoms with Crippen LogP contribution in [0.15, 0.2) is 36.4 Å². The lowest BCUT2D eigenvalue weighted by molar-refractivity contribution is 0.100. The first-order valence-electron chi connectivity index (χ1n) is 5.70. The van der Waals surface area contributed by atoms with E-state index in [1.807, 2.05) is 0 Å². The molecule has 5 N–H and O–H groups in total. The molecule has 0 heterocycles. The fraction of sp³-hybridized carbons (Fsp3) is 0.0714. The van der Waals surface area contributed by atoms with Crippen LogP contribution in [-0.2, 0) is 0 Å². The van der Waals surface area contributed by atoms with Crippen molar-refractivity contribution >= 4 is 23.0 Å².